The van der Waals surface area contributed by atoms with Gasteiger partial charge in [0, 0.05) is 6.42 Å². The second kappa shape index (κ2) is 6.01. The zero-order valence-electron chi connectivity index (χ0n) is 9.26. The number of allylic oxidation sites excluding steroid dienone is 4. The van der Waals surface area contributed by atoms with Crippen LogP contribution in [0, 0.1) is 0 Å². The molecule has 0 bridgehead atoms. The summed E-state index contributed by atoms with van der Waals surface area (Å²) in [7, 11) is 0. The van der Waals surface area contributed by atoms with Crippen molar-refractivity contribution in [2.24, 2.45) is 0 Å². The van der Waals surface area contributed by atoms with E-state index in [0.29, 0.717) is 13.2 Å². The predicted octanol–water partition coefficient (Wildman–Crippen LogP) is 3.32. The van der Waals surface area contributed by atoms with Crippen molar-refractivity contribution in [2.75, 3.05) is 13.2 Å². The summed E-state index contributed by atoms with van der Waals surface area (Å²) in [5.41, 5.74) is 0. The van der Waals surface area contributed by atoms with Gasteiger partial charge in [-0.3, -0.25) is 0 Å². The Hall–Kier alpha value is -1.70. The minimum absolute atomic E-state index is 0.588. The molecule has 0 radical (unpaired) electrons. The number of rotatable bonds is 5. The molecule has 0 heterocycles. The molecule has 0 atom stereocenters. The molecule has 2 heteroatoms. The van der Waals surface area contributed by atoms with Crippen molar-refractivity contribution in [1.82, 2.24) is 0 Å². The average Bonchev–Trinajstić information content (AvgIpc) is 2.37. The monoisotopic (exact) mass is 216 g/mol. The van der Waals surface area contributed by atoms with Crippen LogP contribution in [0.5, 0.6) is 5.75 Å². The summed E-state index contributed by atoms with van der Waals surface area (Å²) in [6, 6.07) is 9.79. The number of benzene rings is 1. The highest BCUT2D eigenvalue weighted by Gasteiger charge is 2.00. The third-order valence-corrected chi connectivity index (χ3v) is 2.36. The van der Waals surface area contributed by atoms with Crippen molar-refractivity contribution in [3.05, 3.63) is 54.3 Å². The second-order valence-corrected chi connectivity index (χ2v) is 3.61. The smallest absolute Gasteiger partial charge is 0.122 e. The molecule has 1 aliphatic rings. The fourth-order valence-electron chi connectivity index (χ4n) is 1.55. The van der Waals surface area contributed by atoms with Gasteiger partial charge in [-0.15, -0.1) is 0 Å². The van der Waals surface area contributed by atoms with Gasteiger partial charge in [0.15, 0.2) is 0 Å². The molecule has 0 aliphatic heterocycles. The summed E-state index contributed by atoms with van der Waals surface area (Å²) in [6.45, 7) is 1.19. The summed E-state index contributed by atoms with van der Waals surface area (Å²) in [6.07, 6.45) is 8.28. The summed E-state index contributed by atoms with van der Waals surface area (Å²) in [4.78, 5) is 0. The molecule has 0 saturated carbocycles. The first-order valence-corrected chi connectivity index (χ1v) is 5.61. The quantitative estimate of drug-likeness (QED) is 0.703. The van der Waals surface area contributed by atoms with Crippen molar-refractivity contribution < 1.29 is 9.47 Å². The zero-order chi connectivity index (χ0) is 11.1. The molecule has 0 saturated heterocycles. The molecular formula is C14H16O2. The second-order valence-electron chi connectivity index (χ2n) is 3.61. The standard InChI is InChI=1S/C14H16O2/c1-3-7-13(8-4-1)15-11-12-16-14-9-5-2-6-10-14/h1-5,7-9H,6,10-12H2. The topological polar surface area (TPSA) is 18.5 Å². The Balaban J connectivity index is 1.65. The van der Waals surface area contributed by atoms with Crippen molar-refractivity contribution >= 4 is 0 Å². The van der Waals surface area contributed by atoms with E-state index < -0.39 is 0 Å². The van der Waals surface area contributed by atoms with Crippen LogP contribution in [0.25, 0.3) is 0 Å². The average molecular weight is 216 g/mol. The van der Waals surface area contributed by atoms with E-state index >= 15 is 0 Å². The predicted molar refractivity (Wildman–Crippen MR) is 64.3 cm³/mol. The molecule has 1 aliphatic carbocycles. The normalized spacial score (nSPS) is 14.4. The Labute approximate surface area is 96.2 Å². The molecule has 2 nitrogen and oxygen atoms in total. The largest absolute Gasteiger partial charge is 0.494 e. The van der Waals surface area contributed by atoms with Crippen LogP contribution in [0.2, 0.25) is 0 Å². The first kappa shape index (κ1) is 10.8. The Morgan fingerprint density at radius 3 is 2.56 bits per heavy atom. The van der Waals surface area contributed by atoms with Gasteiger partial charge < -0.3 is 9.47 Å². The molecule has 1 aromatic rings. The van der Waals surface area contributed by atoms with Crippen molar-refractivity contribution in [1.29, 1.82) is 0 Å². The van der Waals surface area contributed by atoms with E-state index in [1.165, 1.54) is 0 Å². The Morgan fingerprint density at radius 1 is 1.00 bits per heavy atom. The van der Waals surface area contributed by atoms with Gasteiger partial charge in [-0.05, 0) is 24.6 Å². The molecule has 0 unspecified atom stereocenters. The number of hydrogen-bond donors (Lipinski definition) is 0. The first-order valence-electron chi connectivity index (χ1n) is 5.61. The van der Waals surface area contributed by atoms with E-state index in [4.69, 9.17) is 9.47 Å². The molecule has 84 valence electrons. The third-order valence-electron chi connectivity index (χ3n) is 2.36. The van der Waals surface area contributed by atoms with E-state index in [1.807, 2.05) is 42.5 Å². The van der Waals surface area contributed by atoms with E-state index in [9.17, 15) is 0 Å². The molecule has 2 rings (SSSR count). The lowest BCUT2D eigenvalue weighted by Crippen LogP contribution is -2.07. The van der Waals surface area contributed by atoms with Crippen molar-refractivity contribution in [3.8, 4) is 5.75 Å². The van der Waals surface area contributed by atoms with Crippen molar-refractivity contribution in [3.63, 3.8) is 0 Å². The Kier molecular flexibility index (Phi) is 4.06. The maximum atomic E-state index is 5.59. The highest BCUT2D eigenvalue weighted by atomic mass is 16.5. The fourth-order valence-corrected chi connectivity index (χ4v) is 1.55. The molecule has 0 spiro atoms. The summed E-state index contributed by atoms with van der Waals surface area (Å²) in [5, 5.41) is 0. The van der Waals surface area contributed by atoms with Gasteiger partial charge in [0.25, 0.3) is 0 Å². The lowest BCUT2D eigenvalue weighted by atomic mass is 10.2. The van der Waals surface area contributed by atoms with Crippen LogP contribution in [-0.4, -0.2) is 13.2 Å². The zero-order valence-corrected chi connectivity index (χ0v) is 9.26. The van der Waals surface area contributed by atoms with Gasteiger partial charge in [-0.1, -0.05) is 30.4 Å². The molecule has 0 aromatic heterocycles. The molecule has 0 amide bonds. The van der Waals surface area contributed by atoms with E-state index in [-0.39, 0.29) is 0 Å². The van der Waals surface area contributed by atoms with Crippen LogP contribution in [-0.2, 0) is 4.74 Å². The fraction of sp³-hybridized carbons (Fsp3) is 0.286. The summed E-state index contributed by atoms with van der Waals surface area (Å²) >= 11 is 0. The van der Waals surface area contributed by atoms with Gasteiger partial charge in [0.05, 0.1) is 5.76 Å². The minimum atomic E-state index is 0.588. The maximum absolute atomic E-state index is 5.59. The lowest BCUT2D eigenvalue weighted by Gasteiger charge is -2.12. The van der Waals surface area contributed by atoms with Crippen LogP contribution in [0.4, 0.5) is 0 Å². The van der Waals surface area contributed by atoms with E-state index in [1.54, 1.807) is 0 Å². The summed E-state index contributed by atoms with van der Waals surface area (Å²) in [5.74, 6) is 1.95. The number of para-hydroxylation sites is 1. The maximum Gasteiger partial charge on any atom is 0.122 e. The molecule has 0 N–H and O–H groups in total. The highest BCUT2D eigenvalue weighted by Crippen LogP contribution is 2.13. The van der Waals surface area contributed by atoms with E-state index in [2.05, 4.69) is 6.08 Å². The van der Waals surface area contributed by atoms with Gasteiger partial charge in [0.2, 0.25) is 0 Å². The Morgan fingerprint density at radius 2 is 1.81 bits per heavy atom. The van der Waals surface area contributed by atoms with Crippen LogP contribution < -0.4 is 4.74 Å². The van der Waals surface area contributed by atoms with E-state index in [0.717, 1.165) is 24.4 Å². The number of hydrogen-bond acceptors (Lipinski definition) is 2. The first-order chi connectivity index (χ1) is 7.95. The lowest BCUT2D eigenvalue weighted by molar-refractivity contribution is 0.150. The number of ether oxygens (including phenoxy) is 2. The minimum Gasteiger partial charge on any atom is -0.494 e. The van der Waals surface area contributed by atoms with Gasteiger partial charge >= 0.3 is 0 Å². The summed E-state index contributed by atoms with van der Waals surface area (Å²) < 4.78 is 11.1. The van der Waals surface area contributed by atoms with Gasteiger partial charge in [0.1, 0.15) is 19.0 Å². The molecular weight excluding hydrogens is 200 g/mol. The highest BCUT2D eigenvalue weighted by molar-refractivity contribution is 5.20. The van der Waals surface area contributed by atoms with Crippen LogP contribution in [0.3, 0.4) is 0 Å². The SMILES string of the molecule is C1=CCCC(OCCOc2ccccc2)=C1. The van der Waals surface area contributed by atoms with Crippen molar-refractivity contribution in [2.45, 2.75) is 12.8 Å². The molecule has 16 heavy (non-hydrogen) atoms. The molecule has 0 fully saturated rings. The van der Waals surface area contributed by atoms with Crippen LogP contribution in [0.1, 0.15) is 12.8 Å². The van der Waals surface area contributed by atoms with Crippen LogP contribution in [0.15, 0.2) is 54.3 Å². The third kappa shape index (κ3) is 3.46. The van der Waals surface area contributed by atoms with Crippen LogP contribution >= 0.6 is 0 Å². The van der Waals surface area contributed by atoms with Gasteiger partial charge in [-0.2, -0.15) is 0 Å². The Bertz CT molecular complexity index is 366. The van der Waals surface area contributed by atoms with Gasteiger partial charge in [-0.25, -0.2) is 0 Å². The molecule has 1 aromatic carbocycles.